The molecule has 40 heavy (non-hydrogen) atoms. The summed E-state index contributed by atoms with van der Waals surface area (Å²) in [6, 6.07) is 16.0. The Morgan fingerprint density at radius 3 is 2.50 bits per heavy atom. The van der Waals surface area contributed by atoms with Crippen molar-refractivity contribution in [1.29, 1.82) is 0 Å². The minimum absolute atomic E-state index is 0.0244. The first-order valence-corrected chi connectivity index (χ1v) is 14.2. The number of carbonyl (C=O) groups excluding carboxylic acids is 3. The van der Waals surface area contributed by atoms with Gasteiger partial charge in [0.25, 0.3) is 11.8 Å². The minimum atomic E-state index is -1.00. The summed E-state index contributed by atoms with van der Waals surface area (Å²) in [6.07, 6.45) is 13.8. The maximum atomic E-state index is 13.9. The van der Waals surface area contributed by atoms with Crippen molar-refractivity contribution in [3.05, 3.63) is 90.3 Å². The lowest BCUT2D eigenvalue weighted by atomic mass is 9.90. The van der Waals surface area contributed by atoms with Crippen LogP contribution in [0.4, 0.5) is 5.69 Å². The van der Waals surface area contributed by atoms with Gasteiger partial charge in [0.05, 0.1) is 5.92 Å². The molecule has 5 rings (SSSR count). The number of primary amides is 1. The van der Waals surface area contributed by atoms with Crippen molar-refractivity contribution in [1.82, 2.24) is 5.32 Å². The van der Waals surface area contributed by atoms with E-state index in [1.54, 1.807) is 0 Å². The zero-order valence-corrected chi connectivity index (χ0v) is 22.8. The number of hydrogen-bond acceptors (Lipinski definition) is 4. The van der Waals surface area contributed by atoms with Crippen LogP contribution in [0.25, 0.3) is 0 Å². The van der Waals surface area contributed by atoms with Crippen molar-refractivity contribution < 1.29 is 28.2 Å². The Kier molecular flexibility index (Phi) is 8.55. The quantitative estimate of drug-likeness (QED) is 0.316. The number of hydrogen-bond donors (Lipinski definition) is 2. The van der Waals surface area contributed by atoms with Crippen LogP contribution in [-0.2, 0) is 25.7 Å². The summed E-state index contributed by atoms with van der Waals surface area (Å²) < 4.78 is 7.69. The van der Waals surface area contributed by atoms with Crippen molar-refractivity contribution in [2.24, 2.45) is 5.73 Å². The lowest BCUT2D eigenvalue weighted by Crippen LogP contribution is -2.63. The number of allylic oxidation sites excluding steroid dienone is 2. The van der Waals surface area contributed by atoms with Crippen LogP contribution in [-0.4, -0.2) is 58.2 Å². The summed E-state index contributed by atoms with van der Waals surface area (Å²) in [5, 5.41) is 3.13. The molecule has 2 aromatic carbocycles. The van der Waals surface area contributed by atoms with E-state index < -0.39 is 24.0 Å². The molecule has 2 amide bonds. The summed E-state index contributed by atoms with van der Waals surface area (Å²) in [7, 11) is 0. The molecular weight excluding hydrogens is 504 g/mol. The molecule has 1 unspecified atom stereocenters. The van der Waals surface area contributed by atoms with Gasteiger partial charge in [-0.05, 0) is 30.6 Å². The standard InChI is InChI=1S/C32H36N4O4/c33-31(38)28(21-30(37)40-23-24-12-4-3-5-13-24)36(18-10-11-19-36)29-20-25-22-35(27-15-7-6-14-26(25)27)17-9-2-1-8-16-34-32(29)39/h3-7,10-15,18-19,22,25,28-29H,1-2,8-9,16-17,20-21,23H2,(H-2,33,34,38,39)/p+2/t25?,28-,29+/m1/s1. The number of nitrogens with two attached hydrogens (primary N) is 1. The predicted molar refractivity (Wildman–Crippen MR) is 152 cm³/mol. The number of nitrogens with one attached hydrogen (secondary N) is 1. The molecule has 0 fully saturated rings. The van der Waals surface area contributed by atoms with Gasteiger partial charge in [0.2, 0.25) is 5.69 Å². The number of carbonyl (C=O) groups is 3. The van der Waals surface area contributed by atoms with Gasteiger partial charge < -0.3 is 15.8 Å². The molecule has 3 atom stereocenters. The molecule has 2 aromatic rings. The Labute approximate surface area is 235 Å². The second-order valence-corrected chi connectivity index (χ2v) is 10.8. The van der Waals surface area contributed by atoms with Gasteiger partial charge in [-0.15, -0.1) is 0 Å². The largest absolute Gasteiger partial charge is 0.461 e. The molecule has 8 heteroatoms. The van der Waals surface area contributed by atoms with Crippen LogP contribution >= 0.6 is 0 Å². The number of quaternary nitrogens is 1. The highest BCUT2D eigenvalue weighted by atomic mass is 16.5. The maximum absolute atomic E-state index is 13.9. The van der Waals surface area contributed by atoms with Crippen molar-refractivity contribution in [3.8, 4) is 0 Å². The Morgan fingerprint density at radius 1 is 1.00 bits per heavy atom. The van der Waals surface area contributed by atoms with Crippen LogP contribution in [0.15, 0.2) is 79.1 Å². The number of amides is 2. The van der Waals surface area contributed by atoms with Crippen LogP contribution in [0.2, 0.25) is 0 Å². The smallest absolute Gasteiger partial charge is 0.312 e. The normalized spacial score (nSPS) is 22.6. The molecule has 3 aliphatic heterocycles. The molecule has 3 N–H and O–H groups in total. The summed E-state index contributed by atoms with van der Waals surface area (Å²) in [5.41, 5.74) is 9.16. The monoisotopic (exact) mass is 542 g/mol. The van der Waals surface area contributed by atoms with Gasteiger partial charge in [0.1, 0.15) is 32.0 Å². The molecule has 0 saturated carbocycles. The molecule has 0 saturated heterocycles. The number of benzene rings is 2. The van der Waals surface area contributed by atoms with E-state index in [1.165, 1.54) is 11.3 Å². The third kappa shape index (κ3) is 5.92. The van der Waals surface area contributed by atoms with Crippen LogP contribution in [0, 0.1) is 0 Å². The first-order valence-electron chi connectivity index (χ1n) is 14.2. The molecule has 3 aliphatic rings. The van der Waals surface area contributed by atoms with Gasteiger partial charge in [0.15, 0.2) is 18.3 Å². The average molecular weight is 543 g/mol. The molecule has 0 spiro atoms. The van der Waals surface area contributed by atoms with E-state index in [0.29, 0.717) is 13.0 Å². The Balaban J connectivity index is 1.46. The lowest BCUT2D eigenvalue weighted by molar-refractivity contribution is -0.859. The summed E-state index contributed by atoms with van der Waals surface area (Å²) >= 11 is 0. The van der Waals surface area contributed by atoms with Crippen LogP contribution in [0.1, 0.15) is 55.6 Å². The SMILES string of the molecule is NC(=O)[C@@H](CC(=O)OCc1ccccc1)[N+]1([C@H]2CC3C=[N+](CCCCCCNC2=O)c2ccccc23)C=CC=C1. The highest BCUT2D eigenvalue weighted by molar-refractivity contribution is 5.86. The van der Waals surface area contributed by atoms with Gasteiger partial charge in [-0.1, -0.05) is 55.0 Å². The van der Waals surface area contributed by atoms with E-state index in [2.05, 4.69) is 28.2 Å². The average Bonchev–Trinajstić information content (AvgIpc) is 3.59. The van der Waals surface area contributed by atoms with Gasteiger partial charge >= 0.3 is 5.97 Å². The summed E-state index contributed by atoms with van der Waals surface area (Å²) in [5.74, 6) is -1.36. The van der Waals surface area contributed by atoms with E-state index in [-0.39, 0.29) is 29.3 Å². The topological polar surface area (TPSA) is 102 Å². The number of rotatable bonds is 7. The number of ether oxygens (including phenoxy) is 1. The highest BCUT2D eigenvalue weighted by Gasteiger charge is 2.51. The molecule has 0 radical (unpaired) electrons. The van der Waals surface area contributed by atoms with E-state index in [9.17, 15) is 14.4 Å². The molecule has 2 bridgehead atoms. The van der Waals surface area contributed by atoms with E-state index in [1.807, 2.05) is 67.0 Å². The lowest BCUT2D eigenvalue weighted by Gasteiger charge is -2.41. The van der Waals surface area contributed by atoms with Crippen molar-refractivity contribution in [2.45, 2.75) is 63.1 Å². The Morgan fingerprint density at radius 2 is 1.73 bits per heavy atom. The fraction of sp³-hybridized carbons (Fsp3) is 0.375. The maximum Gasteiger partial charge on any atom is 0.312 e. The number of esters is 1. The van der Waals surface area contributed by atoms with E-state index >= 15 is 0 Å². The fourth-order valence-electron chi connectivity index (χ4n) is 6.16. The van der Waals surface area contributed by atoms with Crippen molar-refractivity contribution in [2.75, 3.05) is 13.1 Å². The first-order chi connectivity index (χ1) is 19.5. The Hall–Kier alpha value is -4.04. The summed E-state index contributed by atoms with van der Waals surface area (Å²) in [4.78, 5) is 40.0. The second kappa shape index (κ2) is 12.4. The number of para-hydroxylation sites is 1. The van der Waals surface area contributed by atoms with Crippen molar-refractivity contribution >= 4 is 29.7 Å². The number of nitrogens with zero attached hydrogens (tertiary/aromatic N) is 2. The summed E-state index contributed by atoms with van der Waals surface area (Å²) in [6.45, 7) is 1.60. The van der Waals surface area contributed by atoms with Crippen LogP contribution in [0.5, 0.6) is 0 Å². The molecule has 0 aliphatic carbocycles. The third-order valence-corrected chi connectivity index (χ3v) is 8.22. The third-order valence-electron chi connectivity index (χ3n) is 8.22. The predicted octanol–water partition coefficient (Wildman–Crippen LogP) is 3.79. The minimum Gasteiger partial charge on any atom is -0.461 e. The van der Waals surface area contributed by atoms with Crippen LogP contribution < -0.4 is 11.1 Å². The molecule has 8 nitrogen and oxygen atoms in total. The number of fused-ring (bicyclic) bond motifs is 4. The highest BCUT2D eigenvalue weighted by Crippen LogP contribution is 2.39. The van der Waals surface area contributed by atoms with E-state index in [0.717, 1.165) is 37.8 Å². The first kappa shape index (κ1) is 27.5. The molecular formula is C32H38N4O4+2. The molecule has 0 aromatic heterocycles. The van der Waals surface area contributed by atoms with Gasteiger partial charge in [-0.2, -0.15) is 0 Å². The van der Waals surface area contributed by atoms with Gasteiger partial charge in [-0.3, -0.25) is 18.9 Å². The van der Waals surface area contributed by atoms with Crippen molar-refractivity contribution in [3.63, 3.8) is 0 Å². The zero-order valence-electron chi connectivity index (χ0n) is 22.8. The zero-order chi connectivity index (χ0) is 28.0. The van der Waals surface area contributed by atoms with Gasteiger partial charge in [0, 0.05) is 31.0 Å². The molecule has 208 valence electrons. The van der Waals surface area contributed by atoms with Gasteiger partial charge in [-0.25, -0.2) is 4.58 Å². The van der Waals surface area contributed by atoms with E-state index in [4.69, 9.17) is 10.5 Å². The second-order valence-electron chi connectivity index (χ2n) is 10.8. The Bertz CT molecular complexity index is 1320. The fourth-order valence-corrected chi connectivity index (χ4v) is 6.16. The van der Waals surface area contributed by atoms with Crippen LogP contribution in [0.3, 0.4) is 0 Å². The molecule has 3 heterocycles.